The lowest BCUT2D eigenvalue weighted by molar-refractivity contribution is 0.0601. The fourth-order valence-electron chi connectivity index (χ4n) is 1.77. The fraction of sp³-hybridized carbons (Fsp3) is 0.417. The van der Waals surface area contributed by atoms with E-state index in [4.69, 9.17) is 0 Å². The number of fused-ring (bicyclic) bond motifs is 1. The number of benzene rings is 1. The number of carbonyl (C=O) groups is 1. The highest BCUT2D eigenvalue weighted by Crippen LogP contribution is 2.30. The number of ether oxygens (including phenoxy) is 1. The minimum absolute atomic E-state index is 0.0276. The number of rotatable bonds is 1. The largest absolute Gasteiger partial charge is 0.465 e. The van der Waals surface area contributed by atoms with Crippen molar-refractivity contribution in [1.29, 1.82) is 0 Å². The molecule has 0 saturated carbocycles. The zero-order valence-corrected chi connectivity index (χ0v) is 9.76. The molecule has 0 unspecified atom stereocenters. The van der Waals surface area contributed by atoms with E-state index in [0.29, 0.717) is 5.56 Å². The van der Waals surface area contributed by atoms with Crippen LogP contribution in [0, 0.1) is 0 Å². The van der Waals surface area contributed by atoms with Gasteiger partial charge in [-0.15, -0.1) is 0 Å². The Morgan fingerprint density at radius 2 is 2.12 bits per heavy atom. The van der Waals surface area contributed by atoms with Crippen molar-refractivity contribution in [3.63, 3.8) is 0 Å². The van der Waals surface area contributed by atoms with Crippen molar-refractivity contribution in [1.82, 2.24) is 0 Å². The van der Waals surface area contributed by atoms with Gasteiger partial charge in [-0.3, -0.25) is 0 Å². The van der Waals surface area contributed by atoms with Crippen molar-refractivity contribution in [3.05, 3.63) is 23.8 Å². The lowest BCUT2D eigenvalue weighted by atomic mass is 10.0. The second-order valence-corrected chi connectivity index (χ2v) is 4.61. The number of esters is 1. The summed E-state index contributed by atoms with van der Waals surface area (Å²) in [5.41, 5.74) is 2.56. The topological polar surface area (TPSA) is 50.4 Å². The molecule has 0 aromatic heterocycles. The minimum Gasteiger partial charge on any atom is -0.465 e. The van der Waals surface area contributed by atoms with Crippen LogP contribution in [-0.4, -0.2) is 25.2 Å². The van der Waals surface area contributed by atoms with E-state index < -0.39 is 0 Å². The fourth-order valence-corrected chi connectivity index (χ4v) is 1.77. The van der Waals surface area contributed by atoms with Gasteiger partial charge in [0.05, 0.1) is 24.0 Å². The van der Waals surface area contributed by atoms with Crippen LogP contribution in [0.4, 0.5) is 11.4 Å². The first-order valence-electron chi connectivity index (χ1n) is 5.26. The molecule has 0 radical (unpaired) electrons. The van der Waals surface area contributed by atoms with Gasteiger partial charge in [-0.1, -0.05) is 0 Å². The Morgan fingerprint density at radius 1 is 1.38 bits per heavy atom. The summed E-state index contributed by atoms with van der Waals surface area (Å²) in [7, 11) is 1.39. The van der Waals surface area contributed by atoms with E-state index in [0.717, 1.165) is 17.9 Å². The van der Waals surface area contributed by atoms with Crippen LogP contribution in [0.1, 0.15) is 24.2 Å². The van der Waals surface area contributed by atoms with Gasteiger partial charge in [0.2, 0.25) is 0 Å². The molecule has 1 aromatic rings. The molecule has 0 aliphatic carbocycles. The maximum absolute atomic E-state index is 11.4. The molecule has 1 aromatic carbocycles. The molecule has 0 amide bonds. The van der Waals surface area contributed by atoms with Gasteiger partial charge >= 0.3 is 5.97 Å². The van der Waals surface area contributed by atoms with Crippen molar-refractivity contribution < 1.29 is 9.53 Å². The standard InChI is InChI=1S/C12H16N2O2/c1-12(2)7-13-10-6-8(11(15)16-3)4-5-9(10)14-12/h4-6,13-14H,7H2,1-3H3. The van der Waals surface area contributed by atoms with Crippen LogP contribution < -0.4 is 10.6 Å². The van der Waals surface area contributed by atoms with E-state index in [1.165, 1.54) is 7.11 Å². The van der Waals surface area contributed by atoms with Crippen molar-refractivity contribution in [2.24, 2.45) is 0 Å². The van der Waals surface area contributed by atoms with E-state index in [1.807, 2.05) is 12.1 Å². The van der Waals surface area contributed by atoms with E-state index in [2.05, 4.69) is 29.2 Å². The number of anilines is 2. The van der Waals surface area contributed by atoms with Crippen molar-refractivity contribution >= 4 is 17.3 Å². The van der Waals surface area contributed by atoms with Crippen LogP contribution in [0.5, 0.6) is 0 Å². The smallest absolute Gasteiger partial charge is 0.337 e. The first-order valence-corrected chi connectivity index (χ1v) is 5.26. The Balaban J connectivity index is 2.32. The molecule has 0 atom stereocenters. The lowest BCUT2D eigenvalue weighted by Gasteiger charge is -2.34. The SMILES string of the molecule is COC(=O)c1ccc2c(c1)NCC(C)(C)N2. The molecule has 1 aliphatic heterocycles. The molecule has 0 fully saturated rings. The van der Waals surface area contributed by atoms with Crippen molar-refractivity contribution in [3.8, 4) is 0 Å². The summed E-state index contributed by atoms with van der Waals surface area (Å²) in [4.78, 5) is 11.4. The molecule has 2 rings (SSSR count). The molecule has 4 heteroatoms. The third-order valence-corrected chi connectivity index (χ3v) is 2.63. The second kappa shape index (κ2) is 3.70. The lowest BCUT2D eigenvalue weighted by Crippen LogP contribution is -2.42. The third kappa shape index (κ3) is 1.96. The Morgan fingerprint density at radius 3 is 2.81 bits per heavy atom. The zero-order valence-electron chi connectivity index (χ0n) is 9.76. The molecular weight excluding hydrogens is 204 g/mol. The first kappa shape index (κ1) is 10.8. The number of methoxy groups -OCH3 is 1. The van der Waals surface area contributed by atoms with Crippen molar-refractivity contribution in [2.45, 2.75) is 19.4 Å². The van der Waals surface area contributed by atoms with Gasteiger partial charge in [-0.25, -0.2) is 4.79 Å². The maximum atomic E-state index is 11.4. The average molecular weight is 220 g/mol. The van der Waals surface area contributed by atoms with Crippen LogP contribution >= 0.6 is 0 Å². The van der Waals surface area contributed by atoms with Gasteiger partial charge in [-0.05, 0) is 32.0 Å². The van der Waals surface area contributed by atoms with Gasteiger partial charge in [0.15, 0.2) is 0 Å². The molecule has 0 spiro atoms. The summed E-state index contributed by atoms with van der Waals surface area (Å²) in [6, 6.07) is 5.47. The Bertz CT molecular complexity index is 427. The highest BCUT2D eigenvalue weighted by molar-refractivity contribution is 5.92. The van der Waals surface area contributed by atoms with E-state index >= 15 is 0 Å². The predicted molar refractivity (Wildman–Crippen MR) is 64.0 cm³/mol. The monoisotopic (exact) mass is 220 g/mol. The molecule has 0 bridgehead atoms. The summed E-state index contributed by atoms with van der Waals surface area (Å²) >= 11 is 0. The van der Waals surface area contributed by atoms with E-state index in [1.54, 1.807) is 6.07 Å². The molecule has 4 nitrogen and oxygen atoms in total. The number of hydrogen-bond acceptors (Lipinski definition) is 4. The normalized spacial score (nSPS) is 16.7. The van der Waals surface area contributed by atoms with Crippen LogP contribution in [0.15, 0.2) is 18.2 Å². The number of hydrogen-bond donors (Lipinski definition) is 2. The first-order chi connectivity index (χ1) is 7.52. The van der Waals surface area contributed by atoms with Crippen LogP contribution in [0.25, 0.3) is 0 Å². The molecular formula is C12H16N2O2. The zero-order chi connectivity index (χ0) is 11.8. The van der Waals surface area contributed by atoms with Gasteiger partial charge in [-0.2, -0.15) is 0 Å². The highest BCUT2D eigenvalue weighted by Gasteiger charge is 2.24. The molecule has 86 valence electrons. The summed E-state index contributed by atoms with van der Waals surface area (Å²) < 4.78 is 4.68. The predicted octanol–water partition coefficient (Wildman–Crippen LogP) is 2.09. The number of nitrogens with one attached hydrogen (secondary N) is 2. The molecule has 0 saturated heterocycles. The van der Waals surface area contributed by atoms with Gasteiger partial charge in [0.1, 0.15) is 0 Å². The molecule has 16 heavy (non-hydrogen) atoms. The molecule has 2 N–H and O–H groups in total. The minimum atomic E-state index is -0.311. The summed E-state index contributed by atoms with van der Waals surface area (Å²) in [5, 5.41) is 6.71. The Kier molecular flexibility index (Phi) is 2.50. The molecule has 1 aliphatic rings. The highest BCUT2D eigenvalue weighted by atomic mass is 16.5. The number of carbonyl (C=O) groups excluding carboxylic acids is 1. The summed E-state index contributed by atoms with van der Waals surface area (Å²) in [6.07, 6.45) is 0. The van der Waals surface area contributed by atoms with Crippen LogP contribution in [0.3, 0.4) is 0 Å². The quantitative estimate of drug-likeness (QED) is 0.711. The van der Waals surface area contributed by atoms with Gasteiger partial charge in [0.25, 0.3) is 0 Å². The second-order valence-electron chi connectivity index (χ2n) is 4.61. The summed E-state index contributed by atoms with van der Waals surface area (Å²) in [6.45, 7) is 5.07. The van der Waals surface area contributed by atoms with E-state index in [-0.39, 0.29) is 11.5 Å². The van der Waals surface area contributed by atoms with Gasteiger partial charge < -0.3 is 15.4 Å². The Labute approximate surface area is 95.0 Å². The average Bonchev–Trinajstić information content (AvgIpc) is 2.26. The summed E-state index contributed by atoms with van der Waals surface area (Å²) in [5.74, 6) is -0.311. The van der Waals surface area contributed by atoms with Crippen LogP contribution in [-0.2, 0) is 4.74 Å². The van der Waals surface area contributed by atoms with Crippen molar-refractivity contribution in [2.75, 3.05) is 24.3 Å². The maximum Gasteiger partial charge on any atom is 0.337 e. The third-order valence-electron chi connectivity index (χ3n) is 2.63. The van der Waals surface area contributed by atoms with Gasteiger partial charge in [0, 0.05) is 12.1 Å². The molecule has 1 heterocycles. The van der Waals surface area contributed by atoms with E-state index in [9.17, 15) is 4.79 Å². The van der Waals surface area contributed by atoms with Crippen LogP contribution in [0.2, 0.25) is 0 Å². The Hall–Kier alpha value is -1.71.